The number of aromatic nitrogens is 4. The van der Waals surface area contributed by atoms with E-state index >= 15 is 0 Å². The van der Waals surface area contributed by atoms with Gasteiger partial charge in [0.25, 0.3) is 0 Å². The summed E-state index contributed by atoms with van der Waals surface area (Å²) in [6.45, 7) is 0. The molecule has 5 heteroatoms. The van der Waals surface area contributed by atoms with Crippen molar-refractivity contribution in [3.63, 3.8) is 0 Å². The van der Waals surface area contributed by atoms with Crippen LogP contribution in [0.1, 0.15) is 0 Å². The van der Waals surface area contributed by atoms with Gasteiger partial charge in [-0.25, -0.2) is 9.97 Å². The molecule has 0 aliphatic heterocycles. The molecule has 44 heavy (non-hydrogen) atoms. The average Bonchev–Trinajstić information content (AvgIpc) is 3.67. The Labute approximate surface area is 255 Å². The third-order valence-electron chi connectivity index (χ3n) is 8.78. The van der Waals surface area contributed by atoms with Crippen molar-refractivity contribution in [3.8, 4) is 22.4 Å². The van der Waals surface area contributed by atoms with Gasteiger partial charge in [-0.1, -0.05) is 84.9 Å². The third-order valence-corrected chi connectivity index (χ3v) is 9.98. The molecule has 10 rings (SSSR count). The highest BCUT2D eigenvalue weighted by Crippen LogP contribution is 2.42. The van der Waals surface area contributed by atoms with Crippen molar-refractivity contribution in [3.05, 3.63) is 134 Å². The average molecular weight is 579 g/mol. The Bertz CT molecular complexity index is 2790. The summed E-state index contributed by atoms with van der Waals surface area (Å²) in [5, 5.41) is 5.87. The lowest BCUT2D eigenvalue weighted by Crippen LogP contribution is -1.90. The van der Waals surface area contributed by atoms with Crippen LogP contribution in [0.4, 0.5) is 0 Å². The molecule has 0 unspecified atom stereocenters. The summed E-state index contributed by atoms with van der Waals surface area (Å²) in [5.41, 5.74) is 10.6. The molecule has 10 aromatic rings. The lowest BCUT2D eigenvalue weighted by molar-refractivity contribution is 1.33. The van der Waals surface area contributed by atoms with Gasteiger partial charge in [0.1, 0.15) is 5.65 Å². The van der Waals surface area contributed by atoms with Crippen molar-refractivity contribution >= 4 is 80.9 Å². The van der Waals surface area contributed by atoms with Gasteiger partial charge in [0.05, 0.1) is 38.0 Å². The Balaban J connectivity index is 1.20. The normalized spacial score (nSPS) is 12.1. The molecule has 0 aliphatic rings. The maximum atomic E-state index is 5.11. The van der Waals surface area contributed by atoms with Gasteiger partial charge in [0, 0.05) is 43.4 Å². The van der Waals surface area contributed by atoms with Crippen LogP contribution in [0.2, 0.25) is 0 Å². The molecular weight excluding hydrogens is 557 g/mol. The van der Waals surface area contributed by atoms with Crippen molar-refractivity contribution in [2.45, 2.75) is 0 Å². The predicted octanol–water partition coefficient (Wildman–Crippen LogP) is 10.4. The number of nitrogens with zero attached hydrogens (tertiary/aromatic N) is 4. The Morgan fingerprint density at radius 2 is 1.34 bits per heavy atom. The first-order chi connectivity index (χ1) is 21.8. The standard InChI is InChI=1S/C39H22N4S/c1-2-11-29-28(10-1)38-37(43-33-13-4-3-12-32(33)42-39(29)43)30-22-26(17-19-34(30)44-38)25-7-5-8-27(21-25)31-18-16-24-15-14-23-9-6-20-40-35(23)36(24)41-31/h1-22H. The smallest absolute Gasteiger partial charge is 0.146 e. The zero-order chi connectivity index (χ0) is 28.8. The van der Waals surface area contributed by atoms with E-state index in [1.807, 2.05) is 23.6 Å². The molecule has 4 nitrogen and oxygen atoms in total. The first-order valence-corrected chi connectivity index (χ1v) is 15.5. The van der Waals surface area contributed by atoms with Crippen LogP contribution in [-0.4, -0.2) is 19.4 Å². The van der Waals surface area contributed by atoms with Crippen LogP contribution >= 0.6 is 11.3 Å². The Hall–Kier alpha value is -5.65. The molecule has 5 aromatic heterocycles. The minimum absolute atomic E-state index is 0.931. The van der Waals surface area contributed by atoms with Crippen molar-refractivity contribution < 1.29 is 0 Å². The zero-order valence-corrected chi connectivity index (χ0v) is 24.2. The van der Waals surface area contributed by atoms with Crippen LogP contribution in [0.5, 0.6) is 0 Å². The molecule has 0 atom stereocenters. The molecule has 0 spiro atoms. The Morgan fingerprint density at radius 1 is 0.545 bits per heavy atom. The van der Waals surface area contributed by atoms with Crippen LogP contribution in [0.25, 0.3) is 91.9 Å². The minimum atomic E-state index is 0.931. The zero-order valence-electron chi connectivity index (χ0n) is 23.4. The van der Waals surface area contributed by atoms with Crippen LogP contribution in [0.3, 0.4) is 0 Å². The van der Waals surface area contributed by atoms with Gasteiger partial charge in [-0.3, -0.25) is 9.38 Å². The topological polar surface area (TPSA) is 43.1 Å². The summed E-state index contributed by atoms with van der Waals surface area (Å²) in [6, 6.07) is 45.2. The number of pyridine rings is 3. The molecule has 0 amide bonds. The molecular formula is C39H22N4S. The van der Waals surface area contributed by atoms with Crippen LogP contribution in [-0.2, 0) is 0 Å². The fourth-order valence-electron chi connectivity index (χ4n) is 6.72. The van der Waals surface area contributed by atoms with Crippen LogP contribution in [0.15, 0.2) is 134 Å². The van der Waals surface area contributed by atoms with E-state index in [1.165, 1.54) is 36.6 Å². The molecule has 204 valence electrons. The lowest BCUT2D eigenvalue weighted by Gasteiger charge is -2.09. The quantitative estimate of drug-likeness (QED) is 0.192. The second-order valence-electron chi connectivity index (χ2n) is 11.3. The van der Waals surface area contributed by atoms with E-state index in [9.17, 15) is 0 Å². The number of rotatable bonds is 2. The number of benzene rings is 5. The van der Waals surface area contributed by atoms with E-state index in [0.717, 1.165) is 55.3 Å². The molecule has 5 aromatic carbocycles. The summed E-state index contributed by atoms with van der Waals surface area (Å²) in [4.78, 5) is 14.9. The number of para-hydroxylation sites is 2. The van der Waals surface area contributed by atoms with Crippen molar-refractivity contribution in [1.29, 1.82) is 0 Å². The second-order valence-corrected chi connectivity index (χ2v) is 12.3. The van der Waals surface area contributed by atoms with Gasteiger partial charge in [-0.15, -0.1) is 11.3 Å². The van der Waals surface area contributed by atoms with Gasteiger partial charge in [-0.05, 0) is 53.6 Å². The lowest BCUT2D eigenvalue weighted by atomic mass is 9.99. The summed E-state index contributed by atoms with van der Waals surface area (Å²) in [6.07, 6.45) is 1.84. The van der Waals surface area contributed by atoms with Gasteiger partial charge in [0.2, 0.25) is 0 Å². The summed E-state index contributed by atoms with van der Waals surface area (Å²) in [5.74, 6) is 0. The first-order valence-electron chi connectivity index (χ1n) is 14.7. The fraction of sp³-hybridized carbons (Fsp3) is 0. The van der Waals surface area contributed by atoms with Crippen molar-refractivity contribution in [2.75, 3.05) is 0 Å². The van der Waals surface area contributed by atoms with Gasteiger partial charge in [0.15, 0.2) is 0 Å². The summed E-state index contributed by atoms with van der Waals surface area (Å²) >= 11 is 1.86. The fourth-order valence-corrected chi connectivity index (χ4v) is 7.93. The molecule has 0 radical (unpaired) electrons. The third kappa shape index (κ3) is 3.36. The maximum absolute atomic E-state index is 5.11. The van der Waals surface area contributed by atoms with E-state index in [2.05, 4.69) is 131 Å². The molecule has 0 N–H and O–H groups in total. The summed E-state index contributed by atoms with van der Waals surface area (Å²) < 4.78 is 4.92. The van der Waals surface area contributed by atoms with E-state index in [4.69, 9.17) is 9.97 Å². The SMILES string of the molecule is c1cc(-c2ccc3sc4c5ccccc5c5nc6ccccc6n5c4c3c2)cc(-c2ccc3ccc4cccnc4c3n2)c1. The molecule has 0 saturated heterocycles. The highest BCUT2D eigenvalue weighted by atomic mass is 32.1. The molecule has 0 saturated carbocycles. The molecule has 0 bridgehead atoms. The van der Waals surface area contributed by atoms with E-state index < -0.39 is 0 Å². The Morgan fingerprint density at radius 3 is 2.30 bits per heavy atom. The largest absolute Gasteiger partial charge is 0.290 e. The van der Waals surface area contributed by atoms with Gasteiger partial charge in [-0.2, -0.15) is 0 Å². The highest BCUT2D eigenvalue weighted by Gasteiger charge is 2.18. The summed E-state index contributed by atoms with van der Waals surface area (Å²) in [7, 11) is 0. The maximum Gasteiger partial charge on any atom is 0.146 e. The highest BCUT2D eigenvalue weighted by molar-refractivity contribution is 7.26. The molecule has 0 aliphatic carbocycles. The first kappa shape index (κ1) is 23.9. The predicted molar refractivity (Wildman–Crippen MR) is 185 cm³/mol. The van der Waals surface area contributed by atoms with E-state index in [0.29, 0.717) is 0 Å². The Kier molecular flexibility index (Phi) is 4.84. The van der Waals surface area contributed by atoms with Gasteiger partial charge >= 0.3 is 0 Å². The van der Waals surface area contributed by atoms with Crippen LogP contribution < -0.4 is 0 Å². The van der Waals surface area contributed by atoms with Crippen molar-refractivity contribution in [2.24, 2.45) is 0 Å². The number of hydrogen-bond donors (Lipinski definition) is 0. The minimum Gasteiger partial charge on any atom is -0.290 e. The van der Waals surface area contributed by atoms with Crippen molar-refractivity contribution in [1.82, 2.24) is 19.4 Å². The van der Waals surface area contributed by atoms with Crippen LogP contribution in [0, 0.1) is 0 Å². The monoisotopic (exact) mass is 578 g/mol. The number of hydrogen-bond acceptors (Lipinski definition) is 4. The van der Waals surface area contributed by atoms with E-state index in [-0.39, 0.29) is 0 Å². The van der Waals surface area contributed by atoms with Gasteiger partial charge < -0.3 is 0 Å². The second kappa shape index (κ2) is 8.93. The molecule has 5 heterocycles. The number of imidazole rings is 1. The number of thiophene rings is 1. The van der Waals surface area contributed by atoms with E-state index in [1.54, 1.807) is 0 Å². The molecule has 0 fully saturated rings. The number of fused-ring (bicyclic) bond motifs is 13.